The molecule has 1 aliphatic heterocycles. The van der Waals surface area contributed by atoms with Crippen LogP contribution in [0.5, 0.6) is 0 Å². The maximum absolute atomic E-state index is 12.1. The van der Waals surface area contributed by atoms with E-state index in [4.69, 9.17) is 0 Å². The molecule has 1 saturated heterocycles. The van der Waals surface area contributed by atoms with E-state index in [1.54, 1.807) is 6.92 Å². The number of thiophene rings is 1. The average Bonchev–Trinajstić information content (AvgIpc) is 2.65. The number of nitrogens with one attached hydrogen (secondary N) is 1. The maximum atomic E-state index is 12.1. The van der Waals surface area contributed by atoms with Crippen LogP contribution in [0, 0.1) is 19.8 Å². The standard InChI is InChI=1S/C14H19NO3S2/c1-8-9(2)20-13(12(8)14(17)18)15-11(16)7-10-3-5-19-6-4-10/h10H,3-7H2,1-2H3,(H,15,16)(H,17,18). The van der Waals surface area contributed by atoms with Crippen LogP contribution in [-0.2, 0) is 4.79 Å². The molecule has 0 saturated carbocycles. The van der Waals surface area contributed by atoms with Gasteiger partial charge in [0.15, 0.2) is 0 Å². The zero-order valence-electron chi connectivity index (χ0n) is 11.7. The quantitative estimate of drug-likeness (QED) is 0.892. The number of carbonyl (C=O) groups is 2. The van der Waals surface area contributed by atoms with Crippen molar-refractivity contribution in [2.45, 2.75) is 33.1 Å². The van der Waals surface area contributed by atoms with Crippen LogP contribution >= 0.6 is 23.1 Å². The van der Waals surface area contributed by atoms with Crippen LogP contribution in [-0.4, -0.2) is 28.5 Å². The zero-order valence-corrected chi connectivity index (χ0v) is 13.3. The third-order valence-electron chi connectivity index (χ3n) is 3.67. The fraction of sp³-hybridized carbons (Fsp3) is 0.571. The highest BCUT2D eigenvalue weighted by molar-refractivity contribution is 7.99. The Morgan fingerprint density at radius 1 is 1.30 bits per heavy atom. The van der Waals surface area contributed by atoms with Gasteiger partial charge in [-0.05, 0) is 49.7 Å². The SMILES string of the molecule is Cc1sc(NC(=O)CC2CCSCC2)c(C(=O)O)c1C. The van der Waals surface area contributed by atoms with Crippen LogP contribution in [0.15, 0.2) is 0 Å². The highest BCUT2D eigenvalue weighted by Crippen LogP contribution is 2.33. The van der Waals surface area contributed by atoms with Crippen LogP contribution in [0.2, 0.25) is 0 Å². The van der Waals surface area contributed by atoms with Crippen LogP contribution in [0.4, 0.5) is 5.00 Å². The van der Waals surface area contributed by atoms with Gasteiger partial charge in [-0.25, -0.2) is 4.79 Å². The molecule has 0 bridgehead atoms. The van der Waals surface area contributed by atoms with E-state index in [1.165, 1.54) is 11.3 Å². The predicted octanol–water partition coefficient (Wildman–Crippen LogP) is 3.53. The number of carbonyl (C=O) groups excluding carboxylic acids is 1. The van der Waals surface area contributed by atoms with Crippen molar-refractivity contribution in [1.29, 1.82) is 0 Å². The number of hydrogen-bond donors (Lipinski definition) is 2. The van der Waals surface area contributed by atoms with E-state index in [-0.39, 0.29) is 11.5 Å². The lowest BCUT2D eigenvalue weighted by Gasteiger charge is -2.20. The Bertz CT molecular complexity index is 519. The topological polar surface area (TPSA) is 66.4 Å². The normalized spacial score (nSPS) is 16.1. The molecule has 0 aliphatic carbocycles. The van der Waals surface area contributed by atoms with Gasteiger partial charge in [0.2, 0.25) is 5.91 Å². The van der Waals surface area contributed by atoms with Gasteiger partial charge in [0.25, 0.3) is 0 Å². The molecule has 1 amide bonds. The van der Waals surface area contributed by atoms with E-state index >= 15 is 0 Å². The summed E-state index contributed by atoms with van der Waals surface area (Å²) >= 11 is 3.28. The van der Waals surface area contributed by atoms with Crippen LogP contribution in [0.1, 0.15) is 40.1 Å². The molecular weight excluding hydrogens is 294 g/mol. The smallest absolute Gasteiger partial charge is 0.338 e. The first-order valence-electron chi connectivity index (χ1n) is 6.70. The van der Waals surface area contributed by atoms with E-state index in [0.717, 1.165) is 34.8 Å². The summed E-state index contributed by atoms with van der Waals surface area (Å²) < 4.78 is 0. The first-order valence-corrected chi connectivity index (χ1v) is 8.67. The summed E-state index contributed by atoms with van der Waals surface area (Å²) in [7, 11) is 0. The van der Waals surface area contributed by atoms with Crippen molar-refractivity contribution in [2.75, 3.05) is 16.8 Å². The molecular formula is C14H19NO3S2. The molecule has 20 heavy (non-hydrogen) atoms. The van der Waals surface area contributed by atoms with Crippen molar-refractivity contribution in [2.24, 2.45) is 5.92 Å². The molecule has 0 radical (unpaired) electrons. The Hall–Kier alpha value is -1.01. The fourth-order valence-electron chi connectivity index (χ4n) is 2.36. The van der Waals surface area contributed by atoms with Crippen molar-refractivity contribution in [3.63, 3.8) is 0 Å². The number of anilines is 1. The van der Waals surface area contributed by atoms with Gasteiger partial charge in [-0.3, -0.25) is 4.79 Å². The van der Waals surface area contributed by atoms with Gasteiger partial charge in [0.1, 0.15) is 5.00 Å². The number of aromatic carboxylic acids is 1. The monoisotopic (exact) mass is 313 g/mol. The van der Waals surface area contributed by atoms with Crippen LogP contribution in [0.3, 0.4) is 0 Å². The lowest BCUT2D eigenvalue weighted by Crippen LogP contribution is -2.20. The highest BCUT2D eigenvalue weighted by Gasteiger charge is 2.22. The molecule has 2 rings (SSSR count). The Morgan fingerprint density at radius 3 is 2.55 bits per heavy atom. The second-order valence-electron chi connectivity index (χ2n) is 5.10. The minimum Gasteiger partial charge on any atom is -0.478 e. The minimum absolute atomic E-state index is 0.0642. The lowest BCUT2D eigenvalue weighted by molar-refractivity contribution is -0.117. The molecule has 1 aromatic rings. The molecule has 2 N–H and O–H groups in total. The predicted molar refractivity (Wildman–Crippen MR) is 84.0 cm³/mol. The molecule has 6 heteroatoms. The molecule has 0 aromatic carbocycles. The fourth-order valence-corrected chi connectivity index (χ4v) is 4.64. The van der Waals surface area contributed by atoms with Crippen LogP contribution in [0.25, 0.3) is 0 Å². The van der Waals surface area contributed by atoms with E-state index in [0.29, 0.717) is 17.3 Å². The minimum atomic E-state index is -0.976. The first kappa shape index (κ1) is 15.4. The molecule has 1 fully saturated rings. The Kier molecular flexibility index (Phi) is 5.10. The van der Waals surface area contributed by atoms with E-state index in [9.17, 15) is 14.7 Å². The number of hydrogen-bond acceptors (Lipinski definition) is 4. The Labute approximate surface area is 127 Å². The van der Waals surface area contributed by atoms with Crippen molar-refractivity contribution < 1.29 is 14.7 Å². The number of carboxylic acids is 1. The molecule has 0 unspecified atom stereocenters. The first-order chi connectivity index (χ1) is 9.49. The Balaban J connectivity index is 2.04. The molecule has 2 heterocycles. The molecule has 1 aromatic heterocycles. The van der Waals surface area contributed by atoms with Crippen molar-refractivity contribution in [3.05, 3.63) is 16.0 Å². The van der Waals surface area contributed by atoms with Gasteiger partial charge in [-0.2, -0.15) is 11.8 Å². The van der Waals surface area contributed by atoms with Gasteiger partial charge in [0.05, 0.1) is 5.56 Å². The molecule has 1 aliphatic rings. The zero-order chi connectivity index (χ0) is 14.7. The van der Waals surface area contributed by atoms with Crippen molar-refractivity contribution in [3.8, 4) is 0 Å². The average molecular weight is 313 g/mol. The highest BCUT2D eigenvalue weighted by atomic mass is 32.2. The second kappa shape index (κ2) is 6.63. The van der Waals surface area contributed by atoms with Crippen molar-refractivity contribution in [1.82, 2.24) is 0 Å². The second-order valence-corrected chi connectivity index (χ2v) is 7.55. The summed E-state index contributed by atoms with van der Waals surface area (Å²) in [6.45, 7) is 3.66. The third-order valence-corrected chi connectivity index (χ3v) is 5.84. The van der Waals surface area contributed by atoms with Gasteiger partial charge < -0.3 is 10.4 Å². The van der Waals surface area contributed by atoms with Crippen molar-refractivity contribution >= 4 is 40.0 Å². The lowest BCUT2D eigenvalue weighted by atomic mass is 9.98. The number of amides is 1. The number of thioether (sulfide) groups is 1. The molecule has 110 valence electrons. The Morgan fingerprint density at radius 2 is 1.95 bits per heavy atom. The number of carboxylic acid groups (broad SMARTS) is 1. The molecule has 0 spiro atoms. The summed E-state index contributed by atoms with van der Waals surface area (Å²) in [5, 5.41) is 12.5. The summed E-state index contributed by atoms with van der Waals surface area (Å²) in [5.41, 5.74) is 0.979. The summed E-state index contributed by atoms with van der Waals surface area (Å²) in [6, 6.07) is 0. The number of rotatable bonds is 4. The summed E-state index contributed by atoms with van der Waals surface area (Å²) in [5.74, 6) is 1.64. The summed E-state index contributed by atoms with van der Waals surface area (Å²) in [4.78, 5) is 24.3. The van der Waals surface area contributed by atoms with Gasteiger partial charge >= 0.3 is 5.97 Å². The number of aryl methyl sites for hydroxylation is 1. The maximum Gasteiger partial charge on any atom is 0.338 e. The third kappa shape index (κ3) is 3.55. The van der Waals surface area contributed by atoms with E-state index in [2.05, 4.69) is 5.32 Å². The van der Waals surface area contributed by atoms with Gasteiger partial charge in [-0.15, -0.1) is 11.3 Å². The van der Waals surface area contributed by atoms with E-state index < -0.39 is 5.97 Å². The summed E-state index contributed by atoms with van der Waals surface area (Å²) in [6.07, 6.45) is 2.65. The van der Waals surface area contributed by atoms with Gasteiger partial charge in [0, 0.05) is 11.3 Å². The molecule has 4 nitrogen and oxygen atoms in total. The van der Waals surface area contributed by atoms with Crippen LogP contribution < -0.4 is 5.32 Å². The van der Waals surface area contributed by atoms with E-state index in [1.807, 2.05) is 18.7 Å². The molecule has 0 atom stereocenters. The van der Waals surface area contributed by atoms with Gasteiger partial charge in [-0.1, -0.05) is 0 Å². The largest absolute Gasteiger partial charge is 0.478 e.